The first kappa shape index (κ1) is 15.3. The summed E-state index contributed by atoms with van der Waals surface area (Å²) in [5.41, 5.74) is 4.02. The maximum absolute atomic E-state index is 11.5. The molecule has 2 N–H and O–H groups in total. The molecule has 0 bridgehead atoms. The highest BCUT2D eigenvalue weighted by Gasteiger charge is 2.21. The van der Waals surface area contributed by atoms with E-state index in [2.05, 4.69) is 10.9 Å². The van der Waals surface area contributed by atoms with Gasteiger partial charge < -0.3 is 4.74 Å². The highest BCUT2D eigenvalue weighted by molar-refractivity contribution is 6.32. The van der Waals surface area contributed by atoms with E-state index in [1.807, 2.05) is 0 Å². The number of ether oxygens (including phenoxy) is 1. The monoisotopic (exact) mass is 284 g/mol. The molecule has 0 aliphatic heterocycles. The summed E-state index contributed by atoms with van der Waals surface area (Å²) in [5.74, 6) is -0.322. The Labute approximate surface area is 117 Å². The van der Waals surface area contributed by atoms with Crippen LogP contribution in [0.4, 0.5) is 0 Å². The van der Waals surface area contributed by atoms with Gasteiger partial charge in [-0.3, -0.25) is 20.4 Å². The fourth-order valence-corrected chi connectivity index (χ4v) is 1.25. The number of carbonyl (C=O) groups is 2. The van der Waals surface area contributed by atoms with Crippen molar-refractivity contribution in [2.24, 2.45) is 5.41 Å². The Hall–Kier alpha value is -1.75. The van der Waals surface area contributed by atoms with Crippen LogP contribution in [0.15, 0.2) is 24.3 Å². The second-order valence-corrected chi connectivity index (χ2v) is 5.38. The van der Waals surface area contributed by atoms with Crippen LogP contribution in [0.1, 0.15) is 20.8 Å². The zero-order valence-electron chi connectivity index (χ0n) is 11.1. The molecular weight excluding hydrogens is 268 g/mol. The molecule has 0 atom stereocenters. The lowest BCUT2D eigenvalue weighted by atomic mass is 9.96. The molecule has 19 heavy (non-hydrogen) atoms. The molecule has 0 saturated heterocycles. The summed E-state index contributed by atoms with van der Waals surface area (Å²) in [6.45, 7) is 5.01. The number of para-hydroxylation sites is 1. The summed E-state index contributed by atoms with van der Waals surface area (Å²) in [4.78, 5) is 23.0. The lowest BCUT2D eigenvalue weighted by Gasteiger charge is -2.18. The fraction of sp³-hybridized carbons (Fsp3) is 0.385. The van der Waals surface area contributed by atoms with E-state index in [9.17, 15) is 9.59 Å². The number of rotatable bonds is 3. The quantitative estimate of drug-likeness (QED) is 0.833. The molecule has 0 radical (unpaired) electrons. The largest absolute Gasteiger partial charge is 0.482 e. The highest BCUT2D eigenvalue weighted by atomic mass is 35.5. The first-order chi connectivity index (χ1) is 8.80. The molecule has 104 valence electrons. The third-order valence-electron chi connectivity index (χ3n) is 2.19. The molecule has 1 aromatic rings. The van der Waals surface area contributed by atoms with E-state index in [4.69, 9.17) is 16.3 Å². The van der Waals surface area contributed by atoms with E-state index < -0.39 is 11.3 Å². The summed E-state index contributed by atoms with van der Waals surface area (Å²) >= 11 is 5.87. The van der Waals surface area contributed by atoms with Crippen LogP contribution >= 0.6 is 11.6 Å². The van der Waals surface area contributed by atoms with E-state index >= 15 is 0 Å². The van der Waals surface area contributed by atoms with Gasteiger partial charge in [-0.25, -0.2) is 0 Å². The predicted molar refractivity (Wildman–Crippen MR) is 72.7 cm³/mol. The Morgan fingerprint density at radius 3 is 2.42 bits per heavy atom. The Bertz CT molecular complexity index is 469. The first-order valence-corrected chi connectivity index (χ1v) is 6.15. The average molecular weight is 285 g/mol. The summed E-state index contributed by atoms with van der Waals surface area (Å²) in [6, 6.07) is 6.83. The predicted octanol–water partition coefficient (Wildman–Crippen LogP) is 1.91. The number of hydrazine groups is 1. The maximum atomic E-state index is 11.5. The van der Waals surface area contributed by atoms with Gasteiger partial charge in [-0.15, -0.1) is 0 Å². The van der Waals surface area contributed by atoms with Gasteiger partial charge in [-0.1, -0.05) is 44.5 Å². The Balaban J connectivity index is 2.37. The minimum atomic E-state index is -0.573. The van der Waals surface area contributed by atoms with Crippen LogP contribution in [-0.2, 0) is 9.59 Å². The number of nitrogens with one attached hydrogen (secondary N) is 2. The maximum Gasteiger partial charge on any atom is 0.276 e. The SMILES string of the molecule is CC(C)(C)C(=O)NNC(=O)COc1ccccc1Cl. The normalized spacial score (nSPS) is 10.7. The summed E-state index contributed by atoms with van der Waals surface area (Å²) in [6.07, 6.45) is 0. The molecular formula is C13H17ClN2O3. The minimum Gasteiger partial charge on any atom is -0.482 e. The summed E-state index contributed by atoms with van der Waals surface area (Å²) < 4.78 is 5.22. The second-order valence-electron chi connectivity index (χ2n) is 4.97. The molecule has 0 unspecified atom stereocenters. The van der Waals surface area contributed by atoms with Crippen molar-refractivity contribution in [1.82, 2.24) is 10.9 Å². The average Bonchev–Trinajstić information content (AvgIpc) is 2.33. The van der Waals surface area contributed by atoms with Gasteiger partial charge >= 0.3 is 0 Å². The van der Waals surface area contributed by atoms with Crippen molar-refractivity contribution in [3.05, 3.63) is 29.3 Å². The number of benzene rings is 1. The molecule has 5 nitrogen and oxygen atoms in total. The zero-order valence-corrected chi connectivity index (χ0v) is 11.9. The van der Waals surface area contributed by atoms with Crippen molar-refractivity contribution in [3.8, 4) is 5.75 Å². The number of hydrogen-bond acceptors (Lipinski definition) is 3. The number of halogens is 1. The van der Waals surface area contributed by atoms with Gasteiger partial charge in [-0.2, -0.15) is 0 Å². The summed E-state index contributed by atoms with van der Waals surface area (Å²) in [5, 5.41) is 0.425. The minimum absolute atomic E-state index is 0.228. The molecule has 0 aliphatic rings. The molecule has 6 heteroatoms. The smallest absolute Gasteiger partial charge is 0.276 e. The van der Waals surface area contributed by atoms with Crippen molar-refractivity contribution in [1.29, 1.82) is 0 Å². The Morgan fingerprint density at radius 1 is 1.21 bits per heavy atom. The van der Waals surface area contributed by atoms with Gasteiger partial charge in [0.15, 0.2) is 6.61 Å². The first-order valence-electron chi connectivity index (χ1n) is 5.77. The molecule has 1 aromatic carbocycles. The number of amides is 2. The third kappa shape index (κ3) is 5.18. The van der Waals surface area contributed by atoms with Crippen LogP contribution in [0.2, 0.25) is 5.02 Å². The van der Waals surface area contributed by atoms with Crippen molar-refractivity contribution in [2.45, 2.75) is 20.8 Å². The molecule has 1 rings (SSSR count). The van der Waals surface area contributed by atoms with Crippen LogP contribution in [0, 0.1) is 5.41 Å². The topological polar surface area (TPSA) is 67.4 Å². The van der Waals surface area contributed by atoms with Crippen LogP contribution in [0.3, 0.4) is 0 Å². The van der Waals surface area contributed by atoms with E-state index in [1.165, 1.54) is 0 Å². The van der Waals surface area contributed by atoms with Gasteiger partial charge in [0.05, 0.1) is 5.02 Å². The van der Waals surface area contributed by atoms with E-state index in [0.29, 0.717) is 10.8 Å². The van der Waals surface area contributed by atoms with Crippen LogP contribution in [0.25, 0.3) is 0 Å². The Kier molecular flexibility index (Phi) is 5.18. The third-order valence-corrected chi connectivity index (χ3v) is 2.50. The van der Waals surface area contributed by atoms with Crippen molar-refractivity contribution in [3.63, 3.8) is 0 Å². The molecule has 0 heterocycles. The Morgan fingerprint density at radius 2 is 1.84 bits per heavy atom. The lowest BCUT2D eigenvalue weighted by molar-refractivity contribution is -0.134. The van der Waals surface area contributed by atoms with Crippen molar-refractivity contribution < 1.29 is 14.3 Å². The lowest BCUT2D eigenvalue weighted by Crippen LogP contribution is -2.48. The number of hydrogen-bond donors (Lipinski definition) is 2. The highest BCUT2D eigenvalue weighted by Crippen LogP contribution is 2.22. The molecule has 0 aliphatic carbocycles. The van der Waals surface area contributed by atoms with Gasteiger partial charge in [0, 0.05) is 5.41 Å². The molecule has 0 fully saturated rings. The van der Waals surface area contributed by atoms with Gasteiger partial charge in [-0.05, 0) is 12.1 Å². The molecule has 0 aromatic heterocycles. The second kappa shape index (κ2) is 6.43. The fourth-order valence-electron chi connectivity index (χ4n) is 1.06. The van der Waals surface area contributed by atoms with Gasteiger partial charge in [0.25, 0.3) is 5.91 Å². The number of carbonyl (C=O) groups excluding carboxylic acids is 2. The summed E-state index contributed by atoms with van der Waals surface area (Å²) in [7, 11) is 0. The van der Waals surface area contributed by atoms with Crippen LogP contribution in [-0.4, -0.2) is 18.4 Å². The molecule has 0 saturated carbocycles. The van der Waals surface area contributed by atoms with Crippen molar-refractivity contribution >= 4 is 23.4 Å². The zero-order chi connectivity index (χ0) is 14.5. The standard InChI is InChI=1S/C13H17ClN2O3/c1-13(2,3)12(18)16-15-11(17)8-19-10-7-5-4-6-9(10)14/h4-7H,8H2,1-3H3,(H,15,17)(H,16,18). The van der Waals surface area contributed by atoms with E-state index in [0.717, 1.165) is 0 Å². The van der Waals surface area contributed by atoms with Gasteiger partial charge in [0.2, 0.25) is 5.91 Å². The van der Waals surface area contributed by atoms with Crippen molar-refractivity contribution in [2.75, 3.05) is 6.61 Å². The van der Waals surface area contributed by atoms with Gasteiger partial charge in [0.1, 0.15) is 5.75 Å². The molecule has 0 spiro atoms. The van der Waals surface area contributed by atoms with Crippen LogP contribution in [0.5, 0.6) is 5.75 Å². The molecule has 2 amide bonds. The van der Waals surface area contributed by atoms with E-state index in [-0.39, 0.29) is 12.5 Å². The van der Waals surface area contributed by atoms with Crippen LogP contribution < -0.4 is 15.6 Å². The van der Waals surface area contributed by atoms with E-state index in [1.54, 1.807) is 45.0 Å².